The number of aliphatic hydroxyl groups is 1. The summed E-state index contributed by atoms with van der Waals surface area (Å²) in [6, 6.07) is 6.21. The van der Waals surface area contributed by atoms with Crippen LogP contribution < -0.4 is 0 Å². The molecule has 0 saturated carbocycles. The number of hydrogen-bond donors (Lipinski definition) is 1. The van der Waals surface area contributed by atoms with Crippen LogP contribution in [0, 0.1) is 0 Å². The summed E-state index contributed by atoms with van der Waals surface area (Å²) in [5.41, 5.74) is 3.43. The van der Waals surface area contributed by atoms with Crippen molar-refractivity contribution in [2.24, 2.45) is 0 Å². The van der Waals surface area contributed by atoms with Gasteiger partial charge in [0.2, 0.25) is 0 Å². The van der Waals surface area contributed by atoms with Gasteiger partial charge in [-0.3, -0.25) is 0 Å². The van der Waals surface area contributed by atoms with Gasteiger partial charge >= 0.3 is 6.15 Å². The third-order valence-electron chi connectivity index (χ3n) is 2.14. The van der Waals surface area contributed by atoms with Crippen molar-refractivity contribution in [3.05, 3.63) is 41.0 Å². The second kappa shape index (κ2) is 8.60. The van der Waals surface area contributed by atoms with Gasteiger partial charge in [0.1, 0.15) is 0 Å². The lowest BCUT2D eigenvalue weighted by atomic mass is 10.0. The number of rotatable bonds is 3. The number of aliphatic hydroxyl groups excluding tert-OH is 1. The molecule has 1 aromatic carbocycles. The van der Waals surface area contributed by atoms with Crippen LogP contribution >= 0.6 is 0 Å². The fourth-order valence-electron chi connectivity index (χ4n) is 1.43. The molecule has 0 atom stereocenters. The Hall–Kier alpha value is -1.70. The summed E-state index contributed by atoms with van der Waals surface area (Å²) in [6.45, 7) is 4.23. The van der Waals surface area contributed by atoms with E-state index in [0.717, 1.165) is 17.5 Å². The van der Waals surface area contributed by atoms with Crippen molar-refractivity contribution in [2.45, 2.75) is 26.9 Å². The van der Waals surface area contributed by atoms with Gasteiger partial charge in [0.25, 0.3) is 0 Å². The summed E-state index contributed by atoms with van der Waals surface area (Å²) in [6.07, 6.45) is 5.27. The molecule has 0 fully saturated rings. The number of hydrogen-bond acceptors (Lipinski definition) is 3. The van der Waals surface area contributed by atoms with Crippen molar-refractivity contribution in [1.82, 2.24) is 0 Å². The number of allylic oxidation sites excluding steroid dienone is 1. The largest absolute Gasteiger partial charge is 0.392 e. The third-order valence-corrected chi connectivity index (χ3v) is 2.14. The smallest absolute Gasteiger partial charge is 0.373 e. The summed E-state index contributed by atoms with van der Waals surface area (Å²) >= 11 is 0. The molecule has 0 spiro atoms. The van der Waals surface area contributed by atoms with Gasteiger partial charge in [0.15, 0.2) is 0 Å². The molecule has 0 heterocycles. The van der Waals surface area contributed by atoms with Crippen molar-refractivity contribution in [3.8, 4) is 0 Å². The molecule has 0 aliphatic rings. The van der Waals surface area contributed by atoms with Gasteiger partial charge in [-0.2, -0.15) is 9.59 Å². The third kappa shape index (κ3) is 4.69. The highest BCUT2D eigenvalue weighted by atomic mass is 16.3. The van der Waals surface area contributed by atoms with E-state index in [2.05, 4.69) is 19.1 Å². The van der Waals surface area contributed by atoms with E-state index >= 15 is 0 Å². The van der Waals surface area contributed by atoms with E-state index in [1.165, 1.54) is 5.56 Å². The Labute approximate surface area is 95.4 Å². The summed E-state index contributed by atoms with van der Waals surface area (Å²) < 4.78 is 0. The molecule has 0 bridgehead atoms. The van der Waals surface area contributed by atoms with E-state index in [1.807, 2.05) is 25.1 Å². The van der Waals surface area contributed by atoms with Gasteiger partial charge in [0, 0.05) is 0 Å². The predicted octanol–water partition coefficient (Wildman–Crippen LogP) is 2.19. The first-order valence-electron chi connectivity index (χ1n) is 5.08. The van der Waals surface area contributed by atoms with E-state index in [9.17, 15) is 0 Å². The maximum atomic E-state index is 9.12. The molecule has 1 N–H and O–H groups in total. The predicted molar refractivity (Wildman–Crippen MR) is 61.5 cm³/mol. The number of carbonyl (C=O) groups excluding carboxylic acids is 2. The van der Waals surface area contributed by atoms with E-state index in [1.54, 1.807) is 0 Å². The highest BCUT2D eigenvalue weighted by Gasteiger charge is 1.99. The van der Waals surface area contributed by atoms with Gasteiger partial charge in [-0.05, 0) is 36.1 Å². The Bertz CT molecular complexity index is 375. The molecule has 0 aliphatic carbocycles. The molecule has 0 saturated heterocycles. The van der Waals surface area contributed by atoms with Crippen molar-refractivity contribution < 1.29 is 14.7 Å². The van der Waals surface area contributed by atoms with Crippen LogP contribution in [-0.2, 0) is 22.6 Å². The second-order valence-electron chi connectivity index (χ2n) is 3.12. The Morgan fingerprint density at radius 2 is 1.94 bits per heavy atom. The lowest BCUT2D eigenvalue weighted by molar-refractivity contribution is -0.191. The molecular formula is C13H16O3. The molecule has 0 radical (unpaired) electrons. The molecule has 1 rings (SSSR count). The van der Waals surface area contributed by atoms with Crippen LogP contribution in [0.3, 0.4) is 0 Å². The van der Waals surface area contributed by atoms with Crippen molar-refractivity contribution >= 4 is 12.2 Å². The molecule has 3 heteroatoms. The van der Waals surface area contributed by atoms with Gasteiger partial charge in [-0.25, -0.2) is 0 Å². The van der Waals surface area contributed by atoms with Crippen molar-refractivity contribution in [1.29, 1.82) is 0 Å². The Morgan fingerprint density at radius 3 is 2.38 bits per heavy atom. The van der Waals surface area contributed by atoms with E-state index in [0.29, 0.717) is 0 Å². The molecular weight excluding hydrogens is 204 g/mol. The first-order valence-corrected chi connectivity index (χ1v) is 5.08. The highest BCUT2D eigenvalue weighted by Crippen LogP contribution is 2.14. The molecule has 0 unspecified atom stereocenters. The minimum atomic E-state index is 0.133. The molecule has 0 aliphatic heterocycles. The highest BCUT2D eigenvalue weighted by molar-refractivity contribution is 5.51. The number of benzene rings is 1. The van der Waals surface area contributed by atoms with Crippen LogP contribution in [0.2, 0.25) is 0 Å². The molecule has 1 aromatic rings. The molecule has 86 valence electrons. The van der Waals surface area contributed by atoms with Gasteiger partial charge < -0.3 is 5.11 Å². The summed E-state index contributed by atoms with van der Waals surface area (Å²) in [4.78, 5) is 16.2. The summed E-state index contributed by atoms with van der Waals surface area (Å²) in [7, 11) is 0. The standard InChI is InChI=1S/C12H16O.CO2/c1-3-5-10-6-7-11(4-2)12(8-10)9-13;2-1-3/h3,5-8,13H,4,9H2,1-2H3;/b5-3+;. The summed E-state index contributed by atoms with van der Waals surface area (Å²) in [5, 5.41) is 9.12. The SMILES string of the molecule is C/C=C/c1ccc(CC)c(CO)c1.O=C=O. The van der Waals surface area contributed by atoms with E-state index in [-0.39, 0.29) is 12.8 Å². The van der Waals surface area contributed by atoms with E-state index < -0.39 is 0 Å². The first kappa shape index (κ1) is 14.3. The quantitative estimate of drug-likeness (QED) is 0.849. The minimum Gasteiger partial charge on any atom is -0.392 e. The van der Waals surface area contributed by atoms with Gasteiger partial charge in [0.05, 0.1) is 6.61 Å². The Balaban J connectivity index is 0.000000673. The van der Waals surface area contributed by atoms with E-state index in [4.69, 9.17) is 14.7 Å². The molecule has 16 heavy (non-hydrogen) atoms. The average molecular weight is 220 g/mol. The average Bonchev–Trinajstić information content (AvgIpc) is 2.30. The molecule has 0 amide bonds. The van der Waals surface area contributed by atoms with Crippen LogP contribution in [0.4, 0.5) is 0 Å². The van der Waals surface area contributed by atoms with Crippen molar-refractivity contribution in [2.75, 3.05) is 0 Å². The first-order chi connectivity index (χ1) is 7.73. The zero-order chi connectivity index (χ0) is 12.4. The van der Waals surface area contributed by atoms with Crippen LogP contribution in [0.1, 0.15) is 30.5 Å². The Kier molecular flexibility index (Phi) is 7.68. The maximum Gasteiger partial charge on any atom is 0.373 e. The number of aryl methyl sites for hydroxylation is 1. The zero-order valence-electron chi connectivity index (χ0n) is 9.56. The van der Waals surface area contributed by atoms with Crippen molar-refractivity contribution in [3.63, 3.8) is 0 Å². The zero-order valence-corrected chi connectivity index (χ0v) is 9.56. The Morgan fingerprint density at radius 1 is 1.31 bits per heavy atom. The van der Waals surface area contributed by atoms with Crippen LogP contribution in [0.25, 0.3) is 6.08 Å². The maximum absolute atomic E-state index is 9.12. The lowest BCUT2D eigenvalue weighted by Crippen LogP contribution is -1.92. The lowest BCUT2D eigenvalue weighted by Gasteiger charge is -2.05. The fourth-order valence-corrected chi connectivity index (χ4v) is 1.43. The van der Waals surface area contributed by atoms with Crippen LogP contribution in [0.15, 0.2) is 24.3 Å². The summed E-state index contributed by atoms with van der Waals surface area (Å²) in [5.74, 6) is 0. The molecule has 3 nitrogen and oxygen atoms in total. The topological polar surface area (TPSA) is 54.4 Å². The fraction of sp³-hybridized carbons (Fsp3) is 0.308. The minimum absolute atomic E-state index is 0.133. The second-order valence-corrected chi connectivity index (χ2v) is 3.12. The van der Waals surface area contributed by atoms with Gasteiger partial charge in [-0.1, -0.05) is 31.2 Å². The molecule has 0 aromatic heterocycles. The van der Waals surface area contributed by atoms with Crippen LogP contribution in [0.5, 0.6) is 0 Å². The van der Waals surface area contributed by atoms with Gasteiger partial charge in [-0.15, -0.1) is 0 Å². The van der Waals surface area contributed by atoms with Crippen LogP contribution in [-0.4, -0.2) is 11.3 Å². The monoisotopic (exact) mass is 220 g/mol. The normalized spacial score (nSPS) is 9.44.